The number of hydrogen-bond acceptors (Lipinski definition) is 3. The molecule has 1 aliphatic heterocycles. The Hall–Kier alpha value is -1.06. The van der Waals surface area contributed by atoms with E-state index in [2.05, 4.69) is 28.4 Å². The zero-order valence-corrected chi connectivity index (χ0v) is 11.8. The summed E-state index contributed by atoms with van der Waals surface area (Å²) < 4.78 is 5.26. The summed E-state index contributed by atoms with van der Waals surface area (Å²) in [5, 5.41) is 3.69. The number of nitrogens with zero attached hydrogens (tertiary/aromatic N) is 1. The third kappa shape index (κ3) is 3.48. The molecular formula is C16H24N2O. The van der Waals surface area contributed by atoms with Crippen LogP contribution in [0.4, 0.5) is 0 Å². The fourth-order valence-corrected chi connectivity index (χ4v) is 2.95. The quantitative estimate of drug-likeness (QED) is 0.880. The lowest BCUT2D eigenvalue weighted by molar-refractivity contribution is 0.189. The van der Waals surface area contributed by atoms with Gasteiger partial charge in [-0.3, -0.25) is 0 Å². The lowest BCUT2D eigenvalue weighted by Gasteiger charge is -2.32. The number of methoxy groups -OCH3 is 1. The summed E-state index contributed by atoms with van der Waals surface area (Å²) in [7, 11) is 1.72. The van der Waals surface area contributed by atoms with Crippen molar-refractivity contribution in [1.29, 1.82) is 0 Å². The second kappa shape index (κ2) is 5.93. The van der Waals surface area contributed by atoms with E-state index in [4.69, 9.17) is 4.74 Å². The van der Waals surface area contributed by atoms with Gasteiger partial charge in [-0.15, -0.1) is 0 Å². The van der Waals surface area contributed by atoms with E-state index in [1.165, 1.54) is 44.3 Å². The highest BCUT2D eigenvalue weighted by Gasteiger charge is 2.31. The van der Waals surface area contributed by atoms with Gasteiger partial charge in [0.2, 0.25) is 0 Å². The summed E-state index contributed by atoms with van der Waals surface area (Å²) in [6, 6.07) is 9.95. The molecule has 0 atom stereocenters. The van der Waals surface area contributed by atoms with Crippen LogP contribution in [-0.4, -0.2) is 37.2 Å². The fourth-order valence-electron chi connectivity index (χ4n) is 2.95. The second-order valence-corrected chi connectivity index (χ2v) is 5.77. The monoisotopic (exact) mass is 260 g/mol. The lowest BCUT2D eigenvalue weighted by atomic mass is 10.0. The first-order valence-electron chi connectivity index (χ1n) is 7.45. The molecule has 0 spiro atoms. The van der Waals surface area contributed by atoms with E-state index < -0.39 is 0 Å². The maximum atomic E-state index is 5.26. The maximum absolute atomic E-state index is 5.26. The number of rotatable bonds is 5. The van der Waals surface area contributed by atoms with Crippen LogP contribution in [0, 0.1) is 0 Å². The first kappa shape index (κ1) is 12.9. The van der Waals surface area contributed by atoms with Crippen molar-refractivity contribution in [1.82, 2.24) is 10.2 Å². The Balaban J connectivity index is 1.44. The molecule has 1 aromatic rings. The van der Waals surface area contributed by atoms with Crippen LogP contribution in [0.2, 0.25) is 0 Å². The molecule has 1 N–H and O–H groups in total. The molecule has 1 aromatic carbocycles. The third-order valence-electron chi connectivity index (χ3n) is 4.32. The molecule has 0 amide bonds. The average molecular weight is 260 g/mol. The van der Waals surface area contributed by atoms with Crippen molar-refractivity contribution >= 4 is 0 Å². The zero-order valence-electron chi connectivity index (χ0n) is 11.8. The topological polar surface area (TPSA) is 24.5 Å². The number of likely N-dealkylation sites (tertiary alicyclic amines) is 1. The molecule has 0 radical (unpaired) electrons. The standard InChI is InChI=1S/C16H24N2O/c1-19-16-4-2-3-13(11-16)12-17-14-7-9-18(10-8-14)15-5-6-15/h2-4,11,14-15,17H,5-10,12H2,1H3. The molecule has 19 heavy (non-hydrogen) atoms. The van der Waals surface area contributed by atoms with Gasteiger partial charge in [0.25, 0.3) is 0 Å². The molecule has 1 saturated heterocycles. The Morgan fingerprint density at radius 1 is 1.21 bits per heavy atom. The molecule has 0 bridgehead atoms. The van der Waals surface area contributed by atoms with E-state index in [0.717, 1.165) is 18.3 Å². The highest BCUT2D eigenvalue weighted by atomic mass is 16.5. The molecule has 3 rings (SSSR count). The average Bonchev–Trinajstić information content (AvgIpc) is 3.31. The first-order chi connectivity index (χ1) is 9.35. The molecule has 1 saturated carbocycles. The van der Waals surface area contributed by atoms with Crippen LogP contribution in [0.3, 0.4) is 0 Å². The van der Waals surface area contributed by atoms with Gasteiger partial charge >= 0.3 is 0 Å². The first-order valence-corrected chi connectivity index (χ1v) is 7.45. The van der Waals surface area contributed by atoms with Crippen LogP contribution in [0.25, 0.3) is 0 Å². The van der Waals surface area contributed by atoms with Gasteiger partial charge in [0.1, 0.15) is 5.75 Å². The van der Waals surface area contributed by atoms with Crippen molar-refractivity contribution in [2.75, 3.05) is 20.2 Å². The summed E-state index contributed by atoms with van der Waals surface area (Å²) >= 11 is 0. The van der Waals surface area contributed by atoms with Crippen LogP contribution in [0.15, 0.2) is 24.3 Å². The van der Waals surface area contributed by atoms with Gasteiger partial charge in [0, 0.05) is 18.6 Å². The molecule has 3 nitrogen and oxygen atoms in total. The zero-order chi connectivity index (χ0) is 13.1. The van der Waals surface area contributed by atoms with Crippen LogP contribution in [-0.2, 0) is 6.54 Å². The third-order valence-corrected chi connectivity index (χ3v) is 4.32. The summed E-state index contributed by atoms with van der Waals surface area (Å²) in [5.74, 6) is 0.947. The van der Waals surface area contributed by atoms with Crippen molar-refractivity contribution in [3.8, 4) is 5.75 Å². The van der Waals surface area contributed by atoms with Gasteiger partial charge in [-0.25, -0.2) is 0 Å². The normalized spacial score (nSPS) is 21.5. The van der Waals surface area contributed by atoms with Crippen molar-refractivity contribution in [3.05, 3.63) is 29.8 Å². The largest absolute Gasteiger partial charge is 0.497 e. The van der Waals surface area contributed by atoms with Gasteiger partial charge in [-0.1, -0.05) is 12.1 Å². The van der Waals surface area contributed by atoms with Crippen LogP contribution in [0.1, 0.15) is 31.2 Å². The van der Waals surface area contributed by atoms with Crippen LogP contribution in [0.5, 0.6) is 5.75 Å². The molecule has 3 heteroatoms. The number of hydrogen-bond donors (Lipinski definition) is 1. The predicted molar refractivity (Wildman–Crippen MR) is 77.5 cm³/mol. The summed E-state index contributed by atoms with van der Waals surface area (Å²) in [5.41, 5.74) is 1.31. The highest BCUT2D eigenvalue weighted by Crippen LogP contribution is 2.29. The van der Waals surface area contributed by atoms with E-state index >= 15 is 0 Å². The van der Waals surface area contributed by atoms with Crippen molar-refractivity contribution in [2.24, 2.45) is 0 Å². The van der Waals surface area contributed by atoms with Gasteiger partial charge in [-0.05, 0) is 56.5 Å². The van der Waals surface area contributed by atoms with Crippen LogP contribution < -0.4 is 10.1 Å². The minimum Gasteiger partial charge on any atom is -0.497 e. The molecule has 0 aromatic heterocycles. The second-order valence-electron chi connectivity index (χ2n) is 5.77. The Bertz CT molecular complexity index is 409. The van der Waals surface area contributed by atoms with Gasteiger partial charge < -0.3 is 15.0 Å². The molecule has 0 unspecified atom stereocenters. The van der Waals surface area contributed by atoms with Crippen molar-refractivity contribution < 1.29 is 4.74 Å². The molecule has 104 valence electrons. The van der Waals surface area contributed by atoms with E-state index in [1.807, 2.05) is 6.07 Å². The minimum absolute atomic E-state index is 0.682. The fraction of sp³-hybridized carbons (Fsp3) is 0.625. The Morgan fingerprint density at radius 3 is 2.68 bits per heavy atom. The number of nitrogens with one attached hydrogen (secondary N) is 1. The molecular weight excluding hydrogens is 236 g/mol. The smallest absolute Gasteiger partial charge is 0.119 e. The minimum atomic E-state index is 0.682. The Labute approximate surface area is 115 Å². The summed E-state index contributed by atoms with van der Waals surface area (Å²) in [6.07, 6.45) is 5.45. The molecule has 2 aliphatic rings. The molecule has 1 heterocycles. The Kier molecular flexibility index (Phi) is 4.04. The van der Waals surface area contributed by atoms with E-state index in [1.54, 1.807) is 7.11 Å². The highest BCUT2D eigenvalue weighted by molar-refractivity contribution is 5.28. The Morgan fingerprint density at radius 2 is 2.00 bits per heavy atom. The van der Waals surface area contributed by atoms with Gasteiger partial charge in [0.05, 0.1) is 7.11 Å². The van der Waals surface area contributed by atoms with Crippen LogP contribution >= 0.6 is 0 Å². The number of piperidine rings is 1. The molecule has 2 fully saturated rings. The number of ether oxygens (including phenoxy) is 1. The van der Waals surface area contributed by atoms with Crippen molar-refractivity contribution in [3.63, 3.8) is 0 Å². The summed E-state index contributed by atoms with van der Waals surface area (Å²) in [4.78, 5) is 2.67. The van der Waals surface area contributed by atoms with Gasteiger partial charge in [-0.2, -0.15) is 0 Å². The maximum Gasteiger partial charge on any atom is 0.119 e. The lowest BCUT2D eigenvalue weighted by Crippen LogP contribution is -2.43. The van der Waals surface area contributed by atoms with Crippen molar-refractivity contribution in [2.45, 2.75) is 44.3 Å². The molecule has 1 aliphatic carbocycles. The number of benzene rings is 1. The predicted octanol–water partition coefficient (Wildman–Crippen LogP) is 2.41. The van der Waals surface area contributed by atoms with E-state index in [-0.39, 0.29) is 0 Å². The summed E-state index contributed by atoms with van der Waals surface area (Å²) in [6.45, 7) is 3.51. The van der Waals surface area contributed by atoms with E-state index in [9.17, 15) is 0 Å². The SMILES string of the molecule is COc1cccc(CNC2CCN(C3CC3)CC2)c1. The van der Waals surface area contributed by atoms with Gasteiger partial charge in [0.15, 0.2) is 0 Å². The van der Waals surface area contributed by atoms with E-state index in [0.29, 0.717) is 6.04 Å².